The Bertz CT molecular complexity index is 509. The van der Waals surface area contributed by atoms with Gasteiger partial charge >= 0.3 is 0 Å². The lowest BCUT2D eigenvalue weighted by Crippen LogP contribution is -2.42. The Morgan fingerprint density at radius 1 is 1.56 bits per heavy atom. The maximum Gasteiger partial charge on any atom is 0.254 e. The van der Waals surface area contributed by atoms with E-state index in [0.29, 0.717) is 22.1 Å². The highest BCUT2D eigenvalue weighted by molar-refractivity contribution is 9.10. The average Bonchev–Trinajstić information content (AvgIpc) is 2.81. The molecule has 96 valence electrons. The Balaban J connectivity index is 2.25. The van der Waals surface area contributed by atoms with Crippen LogP contribution < -0.4 is 5.73 Å². The topological polar surface area (TPSA) is 46.3 Å². The van der Waals surface area contributed by atoms with E-state index in [2.05, 4.69) is 15.9 Å². The van der Waals surface area contributed by atoms with Gasteiger partial charge in [0.25, 0.3) is 5.91 Å². The lowest BCUT2D eigenvalue weighted by Gasteiger charge is -2.23. The normalized spacial score (nSPS) is 19.0. The molecule has 0 spiro atoms. The number of carbonyl (C=O) groups excluding carboxylic acids is 1. The number of hydrogen-bond acceptors (Lipinski definition) is 2. The number of likely N-dealkylation sites (tertiary alicyclic amines) is 1. The van der Waals surface area contributed by atoms with Crippen LogP contribution in [0.4, 0.5) is 0 Å². The minimum absolute atomic E-state index is 0.0697. The molecule has 1 aromatic carbocycles. The third kappa shape index (κ3) is 2.68. The van der Waals surface area contributed by atoms with E-state index in [-0.39, 0.29) is 11.9 Å². The molecule has 2 rings (SSSR count). The van der Waals surface area contributed by atoms with Crippen molar-refractivity contribution in [3.05, 3.63) is 33.3 Å². The van der Waals surface area contributed by atoms with Gasteiger partial charge in [0, 0.05) is 16.6 Å². The molecule has 6 heteroatoms. The number of nitrogens with zero attached hydrogens (tertiary/aromatic N) is 1. The van der Waals surface area contributed by atoms with E-state index in [4.69, 9.17) is 29.6 Å². The third-order valence-electron chi connectivity index (χ3n) is 3.01. The number of rotatable bonds is 2. The first kappa shape index (κ1) is 13.8. The van der Waals surface area contributed by atoms with Gasteiger partial charge in [0.15, 0.2) is 0 Å². The van der Waals surface area contributed by atoms with Crippen molar-refractivity contribution in [1.29, 1.82) is 0 Å². The Morgan fingerprint density at radius 2 is 2.28 bits per heavy atom. The lowest BCUT2D eigenvalue weighted by atomic mass is 10.1. The molecule has 1 fully saturated rings. The molecule has 0 bridgehead atoms. The van der Waals surface area contributed by atoms with Crippen LogP contribution in [0.2, 0.25) is 5.02 Å². The second-order valence-electron chi connectivity index (χ2n) is 4.19. The third-order valence-corrected chi connectivity index (χ3v) is 4.51. The van der Waals surface area contributed by atoms with Gasteiger partial charge in [-0.25, -0.2) is 0 Å². The van der Waals surface area contributed by atoms with Crippen molar-refractivity contribution >= 4 is 50.6 Å². The minimum atomic E-state index is -0.130. The number of nitrogens with two attached hydrogens (primary N) is 1. The summed E-state index contributed by atoms with van der Waals surface area (Å²) in [5, 5.41) is 0.520. The number of amides is 1. The van der Waals surface area contributed by atoms with Gasteiger partial charge in [0.05, 0.1) is 16.1 Å². The Morgan fingerprint density at radius 3 is 2.89 bits per heavy atom. The molecule has 1 saturated heterocycles. The van der Waals surface area contributed by atoms with E-state index >= 15 is 0 Å². The highest BCUT2D eigenvalue weighted by Gasteiger charge is 2.31. The smallest absolute Gasteiger partial charge is 0.254 e. The van der Waals surface area contributed by atoms with Gasteiger partial charge < -0.3 is 10.6 Å². The van der Waals surface area contributed by atoms with Gasteiger partial charge in [-0.2, -0.15) is 0 Å². The number of thiocarbonyl (C=S) groups is 1. The van der Waals surface area contributed by atoms with Gasteiger partial charge in [-0.3, -0.25) is 4.79 Å². The van der Waals surface area contributed by atoms with E-state index in [9.17, 15) is 4.79 Å². The van der Waals surface area contributed by atoms with Crippen LogP contribution in [0.15, 0.2) is 22.7 Å². The quantitative estimate of drug-likeness (QED) is 0.837. The van der Waals surface area contributed by atoms with E-state index in [1.54, 1.807) is 23.1 Å². The summed E-state index contributed by atoms with van der Waals surface area (Å²) in [4.78, 5) is 14.5. The minimum Gasteiger partial charge on any atom is -0.392 e. The predicted molar refractivity (Wildman–Crippen MR) is 80.0 cm³/mol. The van der Waals surface area contributed by atoms with E-state index in [1.165, 1.54) is 0 Å². The summed E-state index contributed by atoms with van der Waals surface area (Å²) < 4.78 is 0.771. The van der Waals surface area contributed by atoms with Crippen LogP contribution >= 0.6 is 39.7 Å². The maximum absolute atomic E-state index is 12.4. The van der Waals surface area contributed by atoms with Crippen LogP contribution in [0, 0.1) is 0 Å². The maximum atomic E-state index is 12.4. The van der Waals surface area contributed by atoms with Crippen LogP contribution in [-0.4, -0.2) is 28.4 Å². The first-order valence-corrected chi connectivity index (χ1v) is 7.14. The molecule has 1 aliphatic rings. The summed E-state index contributed by atoms with van der Waals surface area (Å²) in [6, 6.07) is 5.03. The summed E-state index contributed by atoms with van der Waals surface area (Å²) in [6.07, 6.45) is 1.77. The fourth-order valence-corrected chi connectivity index (χ4v) is 2.77. The zero-order chi connectivity index (χ0) is 13.3. The molecular formula is C12H12BrClN2OS. The Hall–Kier alpha value is -0.650. The largest absolute Gasteiger partial charge is 0.392 e. The van der Waals surface area contributed by atoms with E-state index in [0.717, 1.165) is 17.3 Å². The highest BCUT2D eigenvalue weighted by Crippen LogP contribution is 2.26. The molecule has 0 aromatic heterocycles. The first-order chi connectivity index (χ1) is 8.50. The molecule has 1 aromatic rings. The van der Waals surface area contributed by atoms with Crippen molar-refractivity contribution in [1.82, 2.24) is 4.90 Å². The molecule has 1 unspecified atom stereocenters. The van der Waals surface area contributed by atoms with Crippen LogP contribution in [0.5, 0.6) is 0 Å². The summed E-state index contributed by atoms with van der Waals surface area (Å²) in [6.45, 7) is 0.689. The molecule has 3 nitrogen and oxygen atoms in total. The molecule has 2 N–H and O–H groups in total. The van der Waals surface area contributed by atoms with Crippen molar-refractivity contribution in [3.8, 4) is 0 Å². The fourth-order valence-electron chi connectivity index (χ4n) is 2.10. The molecular weight excluding hydrogens is 336 g/mol. The molecule has 0 aliphatic carbocycles. The zero-order valence-electron chi connectivity index (χ0n) is 9.53. The van der Waals surface area contributed by atoms with Crippen LogP contribution in [-0.2, 0) is 0 Å². The SMILES string of the molecule is NC(=S)C1CCCN1C(=O)c1ccc(Br)c(Cl)c1. The first-order valence-electron chi connectivity index (χ1n) is 5.56. The van der Waals surface area contributed by atoms with Gasteiger partial charge in [0.2, 0.25) is 0 Å². The van der Waals surface area contributed by atoms with Crippen LogP contribution in [0.3, 0.4) is 0 Å². The molecule has 18 heavy (non-hydrogen) atoms. The highest BCUT2D eigenvalue weighted by atomic mass is 79.9. The van der Waals surface area contributed by atoms with Crippen molar-refractivity contribution in [2.24, 2.45) is 5.73 Å². The van der Waals surface area contributed by atoms with Crippen LogP contribution in [0.1, 0.15) is 23.2 Å². The number of carbonyl (C=O) groups is 1. The molecule has 1 aliphatic heterocycles. The molecule has 1 atom stereocenters. The monoisotopic (exact) mass is 346 g/mol. The Kier molecular flexibility index (Phi) is 4.25. The van der Waals surface area contributed by atoms with Crippen molar-refractivity contribution in [3.63, 3.8) is 0 Å². The summed E-state index contributed by atoms with van der Waals surface area (Å²) >= 11 is 14.3. The number of hydrogen-bond donors (Lipinski definition) is 1. The van der Waals surface area contributed by atoms with Gasteiger partial charge in [0.1, 0.15) is 0 Å². The molecule has 1 amide bonds. The standard InChI is InChI=1S/C12H12BrClN2OS/c13-8-4-3-7(6-9(8)14)12(17)16-5-1-2-10(16)11(15)18/h3-4,6,10H,1-2,5H2,(H2,15,18). The van der Waals surface area contributed by atoms with E-state index < -0.39 is 0 Å². The van der Waals surface area contributed by atoms with E-state index in [1.807, 2.05) is 0 Å². The van der Waals surface area contributed by atoms with Crippen molar-refractivity contribution in [2.75, 3.05) is 6.54 Å². The van der Waals surface area contributed by atoms with Gasteiger partial charge in [-0.05, 0) is 47.0 Å². The van der Waals surface area contributed by atoms with Crippen LogP contribution in [0.25, 0.3) is 0 Å². The van der Waals surface area contributed by atoms with Gasteiger partial charge in [-0.15, -0.1) is 0 Å². The summed E-state index contributed by atoms with van der Waals surface area (Å²) in [5.74, 6) is -0.0697. The average molecular weight is 348 g/mol. The predicted octanol–water partition coefficient (Wildman–Crippen LogP) is 2.99. The molecule has 0 radical (unpaired) electrons. The number of benzene rings is 1. The number of halogens is 2. The zero-order valence-corrected chi connectivity index (χ0v) is 12.7. The molecule has 1 heterocycles. The van der Waals surface area contributed by atoms with Crippen molar-refractivity contribution in [2.45, 2.75) is 18.9 Å². The Labute approximate surface area is 124 Å². The summed E-state index contributed by atoms with van der Waals surface area (Å²) in [7, 11) is 0. The van der Waals surface area contributed by atoms with Crippen molar-refractivity contribution < 1.29 is 4.79 Å². The van der Waals surface area contributed by atoms with Gasteiger partial charge in [-0.1, -0.05) is 23.8 Å². The lowest BCUT2D eigenvalue weighted by molar-refractivity contribution is 0.0770. The second kappa shape index (κ2) is 5.55. The summed E-state index contributed by atoms with van der Waals surface area (Å²) in [5.41, 5.74) is 6.22. The second-order valence-corrected chi connectivity index (χ2v) is 5.92. The fraction of sp³-hybridized carbons (Fsp3) is 0.333. The molecule has 0 saturated carbocycles.